The van der Waals surface area contributed by atoms with Gasteiger partial charge in [0.2, 0.25) is 0 Å². The summed E-state index contributed by atoms with van der Waals surface area (Å²) < 4.78 is 46.4. The molecule has 0 aliphatic carbocycles. The fraction of sp³-hybridized carbons (Fsp3) is 0.136. The largest absolute Gasteiger partial charge is 0.483 e. The smallest absolute Gasteiger partial charge is 0.262 e. The summed E-state index contributed by atoms with van der Waals surface area (Å²) in [6.07, 6.45) is 0. The van der Waals surface area contributed by atoms with Gasteiger partial charge in [0.15, 0.2) is 6.61 Å². The average Bonchev–Trinajstić information content (AvgIpc) is 2.71. The number of rotatable bonds is 7. The Morgan fingerprint density at radius 1 is 1.00 bits per heavy atom. The van der Waals surface area contributed by atoms with Crippen LogP contribution in [0.25, 0.3) is 0 Å². The van der Waals surface area contributed by atoms with Crippen LogP contribution in [0, 0.1) is 19.7 Å². The van der Waals surface area contributed by atoms with Crippen LogP contribution in [-0.4, -0.2) is 20.9 Å². The first-order valence-corrected chi connectivity index (χ1v) is 11.1. The van der Waals surface area contributed by atoms with Crippen molar-refractivity contribution >= 4 is 38.9 Å². The van der Waals surface area contributed by atoms with Gasteiger partial charge in [0.05, 0.1) is 9.92 Å². The SMILES string of the molecule is Cc1ccc(NS(=O)(=O)c2ccc(OCC(=O)Nc3ccc(F)c(Cl)c3)c(C)c2)cc1. The number of carbonyl (C=O) groups excluding carboxylic acids is 1. The van der Waals surface area contributed by atoms with Gasteiger partial charge in [-0.3, -0.25) is 9.52 Å². The number of carbonyl (C=O) groups is 1. The van der Waals surface area contributed by atoms with Crippen LogP contribution in [0.15, 0.2) is 65.6 Å². The van der Waals surface area contributed by atoms with Crippen molar-refractivity contribution in [1.82, 2.24) is 0 Å². The van der Waals surface area contributed by atoms with Crippen molar-refractivity contribution in [2.75, 3.05) is 16.6 Å². The molecule has 6 nitrogen and oxygen atoms in total. The van der Waals surface area contributed by atoms with Crippen molar-refractivity contribution < 1.29 is 22.3 Å². The molecule has 0 unspecified atom stereocenters. The molecule has 0 fully saturated rings. The molecule has 0 aromatic heterocycles. The van der Waals surface area contributed by atoms with Crippen LogP contribution in [0.4, 0.5) is 15.8 Å². The van der Waals surface area contributed by atoms with Gasteiger partial charge >= 0.3 is 0 Å². The molecule has 3 rings (SSSR count). The van der Waals surface area contributed by atoms with Gasteiger partial charge in [-0.05, 0) is 67.9 Å². The summed E-state index contributed by atoms with van der Waals surface area (Å²) in [7, 11) is -3.77. The van der Waals surface area contributed by atoms with E-state index in [0.29, 0.717) is 22.7 Å². The van der Waals surface area contributed by atoms with Gasteiger partial charge in [0.25, 0.3) is 15.9 Å². The van der Waals surface area contributed by atoms with Crippen LogP contribution < -0.4 is 14.8 Å². The Hall–Kier alpha value is -3.10. The Kier molecular flexibility index (Phi) is 6.82. The van der Waals surface area contributed by atoms with Crippen molar-refractivity contribution in [3.63, 3.8) is 0 Å². The van der Waals surface area contributed by atoms with Crippen LogP contribution >= 0.6 is 11.6 Å². The lowest BCUT2D eigenvalue weighted by molar-refractivity contribution is -0.118. The summed E-state index contributed by atoms with van der Waals surface area (Å²) in [5.41, 5.74) is 2.36. The third-order valence-electron chi connectivity index (χ3n) is 4.32. The van der Waals surface area contributed by atoms with Gasteiger partial charge in [0, 0.05) is 11.4 Å². The van der Waals surface area contributed by atoms with E-state index in [1.807, 2.05) is 19.1 Å². The Morgan fingerprint density at radius 3 is 2.32 bits per heavy atom. The van der Waals surface area contributed by atoms with E-state index in [2.05, 4.69) is 10.0 Å². The van der Waals surface area contributed by atoms with Crippen LogP contribution in [0.1, 0.15) is 11.1 Å². The zero-order valence-electron chi connectivity index (χ0n) is 16.8. The molecule has 2 N–H and O–H groups in total. The minimum Gasteiger partial charge on any atom is -0.483 e. The minimum atomic E-state index is -3.77. The third-order valence-corrected chi connectivity index (χ3v) is 5.99. The number of nitrogens with one attached hydrogen (secondary N) is 2. The molecule has 3 aromatic rings. The molecule has 9 heteroatoms. The van der Waals surface area contributed by atoms with E-state index in [1.54, 1.807) is 19.1 Å². The summed E-state index contributed by atoms with van der Waals surface area (Å²) in [4.78, 5) is 12.1. The van der Waals surface area contributed by atoms with Crippen molar-refractivity contribution in [3.8, 4) is 5.75 Å². The fourth-order valence-electron chi connectivity index (χ4n) is 2.70. The second-order valence-corrected chi connectivity index (χ2v) is 8.95. The minimum absolute atomic E-state index is 0.0725. The van der Waals surface area contributed by atoms with Crippen LogP contribution in [0.3, 0.4) is 0 Å². The highest BCUT2D eigenvalue weighted by molar-refractivity contribution is 7.92. The lowest BCUT2D eigenvalue weighted by Crippen LogP contribution is -2.20. The van der Waals surface area contributed by atoms with Gasteiger partial charge in [-0.1, -0.05) is 29.3 Å². The maximum atomic E-state index is 13.2. The Morgan fingerprint density at radius 2 is 1.68 bits per heavy atom. The molecule has 1 amide bonds. The number of aryl methyl sites for hydroxylation is 2. The molecular weight excluding hydrogens is 443 g/mol. The second kappa shape index (κ2) is 9.36. The van der Waals surface area contributed by atoms with E-state index in [9.17, 15) is 17.6 Å². The summed E-state index contributed by atoms with van der Waals surface area (Å²) in [6, 6.07) is 15.2. The van der Waals surface area contributed by atoms with Crippen molar-refractivity contribution in [2.24, 2.45) is 0 Å². The molecule has 31 heavy (non-hydrogen) atoms. The predicted octanol–water partition coefficient (Wildman–Crippen LogP) is 4.91. The fourth-order valence-corrected chi connectivity index (χ4v) is 4.02. The van der Waals surface area contributed by atoms with E-state index in [1.165, 1.54) is 30.3 Å². The van der Waals surface area contributed by atoms with E-state index < -0.39 is 21.7 Å². The van der Waals surface area contributed by atoms with Crippen LogP contribution in [0.5, 0.6) is 5.75 Å². The van der Waals surface area contributed by atoms with Gasteiger partial charge in [0.1, 0.15) is 11.6 Å². The van der Waals surface area contributed by atoms with E-state index in [4.69, 9.17) is 16.3 Å². The van der Waals surface area contributed by atoms with Crippen LogP contribution in [-0.2, 0) is 14.8 Å². The summed E-state index contributed by atoms with van der Waals surface area (Å²) in [6.45, 7) is 3.27. The molecule has 0 heterocycles. The standard InChI is InChI=1S/C22H20ClFN2O4S/c1-14-3-5-16(6-4-14)26-31(28,29)18-8-10-21(15(2)11-18)30-13-22(27)25-17-7-9-20(24)19(23)12-17/h3-12,26H,13H2,1-2H3,(H,25,27). The van der Waals surface area contributed by atoms with Crippen molar-refractivity contribution in [3.05, 3.63) is 82.6 Å². The molecule has 0 spiro atoms. The molecule has 0 aliphatic heterocycles. The van der Waals surface area contributed by atoms with E-state index in [-0.39, 0.29) is 16.5 Å². The number of benzene rings is 3. The first-order valence-electron chi connectivity index (χ1n) is 9.22. The van der Waals surface area contributed by atoms with E-state index >= 15 is 0 Å². The number of ether oxygens (including phenoxy) is 1. The molecule has 162 valence electrons. The van der Waals surface area contributed by atoms with Gasteiger partial charge in [-0.2, -0.15) is 0 Å². The number of halogens is 2. The topological polar surface area (TPSA) is 84.5 Å². The Balaban J connectivity index is 1.64. The lowest BCUT2D eigenvalue weighted by atomic mass is 10.2. The normalized spacial score (nSPS) is 11.1. The van der Waals surface area contributed by atoms with Crippen LogP contribution in [0.2, 0.25) is 5.02 Å². The molecular formula is C22H20ClFN2O4S. The Labute approximate surface area is 185 Å². The maximum absolute atomic E-state index is 13.2. The highest BCUT2D eigenvalue weighted by Crippen LogP contribution is 2.24. The lowest BCUT2D eigenvalue weighted by Gasteiger charge is -2.12. The number of hydrogen-bond acceptors (Lipinski definition) is 4. The van der Waals surface area contributed by atoms with Crippen molar-refractivity contribution in [1.29, 1.82) is 0 Å². The maximum Gasteiger partial charge on any atom is 0.262 e. The molecule has 0 radical (unpaired) electrons. The monoisotopic (exact) mass is 462 g/mol. The highest BCUT2D eigenvalue weighted by Gasteiger charge is 2.16. The van der Waals surface area contributed by atoms with Gasteiger partial charge in [-0.15, -0.1) is 0 Å². The predicted molar refractivity (Wildman–Crippen MR) is 119 cm³/mol. The number of amides is 1. The molecule has 0 saturated carbocycles. The first kappa shape index (κ1) is 22.6. The Bertz CT molecular complexity index is 1210. The highest BCUT2D eigenvalue weighted by atomic mass is 35.5. The molecule has 0 aliphatic rings. The summed E-state index contributed by atoms with van der Waals surface area (Å²) in [5.74, 6) is -0.695. The zero-order chi connectivity index (χ0) is 22.6. The molecule has 0 saturated heterocycles. The second-order valence-electron chi connectivity index (χ2n) is 6.86. The van der Waals surface area contributed by atoms with Gasteiger partial charge in [-0.25, -0.2) is 12.8 Å². The molecule has 3 aromatic carbocycles. The average molecular weight is 463 g/mol. The molecule has 0 atom stereocenters. The number of anilines is 2. The van der Waals surface area contributed by atoms with Gasteiger partial charge < -0.3 is 10.1 Å². The summed E-state index contributed by atoms with van der Waals surface area (Å²) >= 11 is 5.69. The third kappa shape index (κ3) is 5.96. The van der Waals surface area contributed by atoms with Crippen molar-refractivity contribution in [2.45, 2.75) is 18.7 Å². The summed E-state index contributed by atoms with van der Waals surface area (Å²) in [5, 5.41) is 2.44. The zero-order valence-corrected chi connectivity index (χ0v) is 18.4. The van der Waals surface area contributed by atoms with E-state index in [0.717, 1.165) is 11.6 Å². The molecule has 0 bridgehead atoms. The number of hydrogen-bond donors (Lipinski definition) is 2. The quantitative estimate of drug-likeness (QED) is 0.522. The first-order chi connectivity index (χ1) is 14.6. The number of sulfonamides is 1.